The highest BCUT2D eigenvalue weighted by atomic mass is 35.5. The molecule has 1 fully saturated rings. The fourth-order valence-corrected chi connectivity index (χ4v) is 6.43. The van der Waals surface area contributed by atoms with E-state index in [0.29, 0.717) is 11.3 Å². The molecule has 1 atom stereocenters. The van der Waals surface area contributed by atoms with E-state index in [0.717, 1.165) is 37.9 Å². The van der Waals surface area contributed by atoms with Crippen molar-refractivity contribution < 1.29 is 36.6 Å². The summed E-state index contributed by atoms with van der Waals surface area (Å²) in [7, 11) is -7.37. The van der Waals surface area contributed by atoms with E-state index in [-0.39, 0.29) is 33.9 Å². The van der Waals surface area contributed by atoms with E-state index in [1.807, 2.05) is 12.1 Å². The Morgan fingerprint density at radius 2 is 1.65 bits per heavy atom. The van der Waals surface area contributed by atoms with Crippen LogP contribution in [-0.4, -0.2) is 71.6 Å². The lowest BCUT2D eigenvalue weighted by Gasteiger charge is -2.34. The number of carboxylic acids is 1. The number of ether oxygens (including phenoxy) is 1. The summed E-state index contributed by atoms with van der Waals surface area (Å²) in [4.78, 5) is 12.8. The van der Waals surface area contributed by atoms with Crippen LogP contribution in [0.15, 0.2) is 71.6 Å². The quantitative estimate of drug-likeness (QED) is 0.184. The zero-order chi connectivity index (χ0) is 31.2. The number of nitrogens with zero attached hydrogens (tertiary/aromatic N) is 1. The van der Waals surface area contributed by atoms with Gasteiger partial charge in [-0.1, -0.05) is 17.7 Å². The molecule has 15 heteroatoms. The average molecular weight is 653 g/mol. The standard InChI is InChI=1S/C28H33ClN4O8S2/c1-42(37,38)32-26-16-19(2-11-25(26)29)27(34)17-30-20-12-14-33(15-13-20)22-5-3-21(4-6-22)31-43(39,40)24-9-7-23(8-10-24)41-18-28(35)36/h2-11,16,20,27,30-32,34H,12-15,17-18H2,1H3,(H,35,36)/t27-/m0/s1. The molecule has 1 heterocycles. The van der Waals surface area contributed by atoms with Crippen LogP contribution in [-0.2, 0) is 24.8 Å². The summed E-state index contributed by atoms with van der Waals surface area (Å²) in [5, 5.41) is 23.0. The lowest BCUT2D eigenvalue weighted by atomic mass is 10.0. The number of halogens is 1. The number of aliphatic carboxylic acids is 1. The van der Waals surface area contributed by atoms with E-state index in [2.05, 4.69) is 19.7 Å². The number of anilines is 3. The van der Waals surface area contributed by atoms with Gasteiger partial charge in [-0.15, -0.1) is 0 Å². The van der Waals surface area contributed by atoms with Crippen molar-refractivity contribution in [2.75, 3.05) is 46.8 Å². The average Bonchev–Trinajstić information content (AvgIpc) is 2.96. The van der Waals surface area contributed by atoms with Crippen molar-refractivity contribution in [1.29, 1.82) is 0 Å². The Kier molecular flexibility index (Phi) is 10.4. The Labute approximate surface area is 255 Å². The summed E-state index contributed by atoms with van der Waals surface area (Å²) in [6.07, 6.45) is 1.84. The van der Waals surface area contributed by atoms with Crippen LogP contribution in [0.1, 0.15) is 24.5 Å². The van der Waals surface area contributed by atoms with Gasteiger partial charge in [0.25, 0.3) is 10.0 Å². The summed E-state index contributed by atoms with van der Waals surface area (Å²) in [5.41, 5.74) is 2.11. The minimum Gasteiger partial charge on any atom is -0.482 e. The molecule has 0 radical (unpaired) electrons. The number of hydrogen-bond donors (Lipinski definition) is 5. The van der Waals surface area contributed by atoms with Crippen LogP contribution in [0.5, 0.6) is 5.75 Å². The first-order valence-corrected chi connectivity index (χ1v) is 17.1. The van der Waals surface area contributed by atoms with Gasteiger partial charge in [-0.3, -0.25) is 9.44 Å². The predicted molar refractivity (Wildman–Crippen MR) is 165 cm³/mol. The molecule has 43 heavy (non-hydrogen) atoms. The zero-order valence-electron chi connectivity index (χ0n) is 23.2. The Morgan fingerprint density at radius 3 is 2.26 bits per heavy atom. The fourth-order valence-electron chi connectivity index (χ4n) is 4.58. The van der Waals surface area contributed by atoms with Crippen LogP contribution in [0.2, 0.25) is 5.02 Å². The summed E-state index contributed by atoms with van der Waals surface area (Å²) >= 11 is 6.08. The molecular formula is C28H33ClN4O8S2. The summed E-state index contributed by atoms with van der Waals surface area (Å²) in [5.74, 6) is -0.878. The summed E-state index contributed by atoms with van der Waals surface area (Å²) in [6, 6.07) is 17.5. The number of sulfonamides is 2. The van der Waals surface area contributed by atoms with Crippen LogP contribution in [0.25, 0.3) is 0 Å². The first-order chi connectivity index (χ1) is 20.3. The molecule has 3 aromatic carbocycles. The molecule has 12 nitrogen and oxygen atoms in total. The maximum absolute atomic E-state index is 12.8. The van der Waals surface area contributed by atoms with E-state index in [1.165, 1.54) is 30.3 Å². The lowest BCUT2D eigenvalue weighted by Crippen LogP contribution is -2.43. The molecule has 0 spiro atoms. The molecule has 0 aliphatic carbocycles. The summed E-state index contributed by atoms with van der Waals surface area (Å²) in [6.45, 7) is 1.29. The van der Waals surface area contributed by atoms with Gasteiger partial charge in [0.1, 0.15) is 5.75 Å². The van der Waals surface area contributed by atoms with Gasteiger partial charge < -0.3 is 25.2 Å². The molecular weight excluding hydrogens is 620 g/mol. The smallest absolute Gasteiger partial charge is 0.341 e. The molecule has 3 aromatic rings. The van der Waals surface area contributed by atoms with Crippen molar-refractivity contribution in [2.45, 2.75) is 29.9 Å². The maximum atomic E-state index is 12.8. The molecule has 1 aliphatic rings. The molecule has 0 aromatic heterocycles. The lowest BCUT2D eigenvalue weighted by molar-refractivity contribution is -0.139. The van der Waals surface area contributed by atoms with Crippen molar-refractivity contribution in [2.24, 2.45) is 0 Å². The van der Waals surface area contributed by atoms with Crippen molar-refractivity contribution in [3.8, 4) is 5.75 Å². The zero-order valence-corrected chi connectivity index (χ0v) is 25.6. The second-order valence-electron chi connectivity index (χ2n) is 10.1. The SMILES string of the molecule is CS(=O)(=O)Nc1cc([C@@H](O)CNC2CCN(c3ccc(NS(=O)(=O)c4ccc(OCC(=O)O)cc4)cc3)CC2)ccc1Cl. The highest BCUT2D eigenvalue weighted by Crippen LogP contribution is 2.28. The Balaban J connectivity index is 1.26. The van der Waals surface area contributed by atoms with Gasteiger partial charge >= 0.3 is 5.97 Å². The van der Waals surface area contributed by atoms with Crippen molar-refractivity contribution >= 4 is 54.7 Å². The van der Waals surface area contributed by atoms with Crippen LogP contribution >= 0.6 is 11.6 Å². The minimum absolute atomic E-state index is 0.0148. The van der Waals surface area contributed by atoms with E-state index in [1.54, 1.807) is 24.3 Å². The number of nitrogens with one attached hydrogen (secondary N) is 3. The van der Waals surface area contributed by atoms with Gasteiger partial charge in [0.15, 0.2) is 6.61 Å². The number of carbonyl (C=O) groups is 1. The van der Waals surface area contributed by atoms with E-state index in [4.69, 9.17) is 21.4 Å². The largest absolute Gasteiger partial charge is 0.482 e. The van der Waals surface area contributed by atoms with Crippen LogP contribution in [0, 0.1) is 0 Å². The molecule has 4 rings (SSSR count). The number of benzene rings is 3. The van der Waals surface area contributed by atoms with Crippen molar-refractivity contribution in [3.63, 3.8) is 0 Å². The normalized spacial score (nSPS) is 15.1. The van der Waals surface area contributed by atoms with Gasteiger partial charge in [-0.05, 0) is 79.1 Å². The number of piperidine rings is 1. The van der Waals surface area contributed by atoms with Gasteiger partial charge in [0, 0.05) is 37.1 Å². The van der Waals surface area contributed by atoms with Crippen molar-refractivity contribution in [3.05, 3.63) is 77.3 Å². The molecule has 1 saturated heterocycles. The third-order valence-corrected chi connectivity index (χ3v) is 9.06. The minimum atomic E-state index is -3.85. The Hall–Kier alpha value is -3.56. The topological polar surface area (TPSA) is 174 Å². The molecule has 5 N–H and O–H groups in total. The number of hydrogen-bond acceptors (Lipinski definition) is 9. The van der Waals surface area contributed by atoms with Crippen LogP contribution in [0.3, 0.4) is 0 Å². The first-order valence-electron chi connectivity index (χ1n) is 13.3. The van der Waals surface area contributed by atoms with Gasteiger partial charge in [-0.2, -0.15) is 0 Å². The monoisotopic (exact) mass is 652 g/mol. The molecule has 0 saturated carbocycles. The molecule has 0 unspecified atom stereocenters. The molecule has 0 bridgehead atoms. The van der Waals surface area contributed by atoms with Crippen LogP contribution < -0.4 is 24.4 Å². The third-order valence-electron chi connectivity index (χ3n) is 6.75. The number of carboxylic acid groups (broad SMARTS) is 1. The number of rotatable bonds is 13. The first kappa shape index (κ1) is 32.4. The number of aliphatic hydroxyl groups excluding tert-OH is 1. The Bertz CT molecular complexity index is 1630. The van der Waals surface area contributed by atoms with E-state index < -0.39 is 38.7 Å². The highest BCUT2D eigenvalue weighted by molar-refractivity contribution is 7.92. The third kappa shape index (κ3) is 9.46. The molecule has 0 amide bonds. The van der Waals surface area contributed by atoms with Gasteiger partial charge in [0.2, 0.25) is 10.0 Å². The molecule has 1 aliphatic heterocycles. The van der Waals surface area contributed by atoms with E-state index in [9.17, 15) is 26.7 Å². The Morgan fingerprint density at radius 1 is 1.00 bits per heavy atom. The maximum Gasteiger partial charge on any atom is 0.341 e. The van der Waals surface area contributed by atoms with Crippen molar-refractivity contribution in [1.82, 2.24) is 5.32 Å². The fraction of sp³-hybridized carbons (Fsp3) is 0.321. The van der Waals surface area contributed by atoms with E-state index >= 15 is 0 Å². The highest BCUT2D eigenvalue weighted by Gasteiger charge is 2.21. The second kappa shape index (κ2) is 13.8. The second-order valence-corrected chi connectivity index (χ2v) is 13.9. The molecule has 232 valence electrons. The predicted octanol–water partition coefficient (Wildman–Crippen LogP) is 3.27. The van der Waals surface area contributed by atoms with Gasteiger partial charge in [-0.25, -0.2) is 21.6 Å². The number of aliphatic hydroxyl groups is 1. The van der Waals surface area contributed by atoms with Gasteiger partial charge in [0.05, 0.1) is 28.0 Å². The van der Waals surface area contributed by atoms with Crippen LogP contribution in [0.4, 0.5) is 17.1 Å². The summed E-state index contributed by atoms with van der Waals surface area (Å²) < 4.78 is 58.6.